The Labute approximate surface area is 80.6 Å². The minimum atomic E-state index is 0.139. The van der Waals surface area contributed by atoms with Gasteiger partial charge in [0, 0.05) is 0 Å². The van der Waals surface area contributed by atoms with Gasteiger partial charge in [0.15, 0.2) is 0 Å². The molecule has 0 saturated heterocycles. The van der Waals surface area contributed by atoms with Crippen molar-refractivity contribution in [2.75, 3.05) is 6.79 Å². The summed E-state index contributed by atoms with van der Waals surface area (Å²) in [5.41, 5.74) is 0.278. The van der Waals surface area contributed by atoms with E-state index in [1.165, 1.54) is 38.5 Å². The lowest BCUT2D eigenvalue weighted by Gasteiger charge is -2.42. The molecule has 0 aromatic carbocycles. The highest BCUT2D eigenvalue weighted by molar-refractivity contribution is 4.86. The van der Waals surface area contributed by atoms with Gasteiger partial charge in [-0.05, 0) is 52.4 Å². The van der Waals surface area contributed by atoms with E-state index in [0.29, 0.717) is 6.79 Å². The molecule has 0 aromatic rings. The van der Waals surface area contributed by atoms with Crippen molar-refractivity contribution in [1.82, 2.24) is 0 Å². The van der Waals surface area contributed by atoms with Crippen molar-refractivity contribution in [2.45, 2.75) is 63.6 Å². The van der Waals surface area contributed by atoms with Gasteiger partial charge in [0.05, 0.1) is 11.2 Å². The van der Waals surface area contributed by atoms with Crippen molar-refractivity contribution >= 4 is 0 Å². The Morgan fingerprint density at radius 1 is 0.846 bits per heavy atom. The van der Waals surface area contributed by atoms with Crippen LogP contribution in [0.25, 0.3) is 0 Å². The van der Waals surface area contributed by atoms with Crippen LogP contribution in [0.2, 0.25) is 0 Å². The average Bonchev–Trinajstić information content (AvgIpc) is 1.98. The zero-order valence-electron chi connectivity index (χ0n) is 8.77. The second-order valence-electron chi connectivity index (χ2n) is 5.01. The fraction of sp³-hybridized carbons (Fsp3) is 1.00. The molecule has 2 heteroatoms. The third-order valence-corrected chi connectivity index (χ3v) is 3.64. The lowest BCUT2D eigenvalue weighted by atomic mass is 9.81. The molecule has 13 heavy (non-hydrogen) atoms. The largest absolute Gasteiger partial charge is 0.349 e. The van der Waals surface area contributed by atoms with Gasteiger partial charge in [-0.15, -0.1) is 0 Å². The van der Waals surface area contributed by atoms with E-state index in [-0.39, 0.29) is 11.2 Å². The Morgan fingerprint density at radius 2 is 1.23 bits per heavy atom. The van der Waals surface area contributed by atoms with E-state index in [0.717, 1.165) is 0 Å². The summed E-state index contributed by atoms with van der Waals surface area (Å²) in [5, 5.41) is 0. The maximum Gasteiger partial charge on any atom is 0.148 e. The van der Waals surface area contributed by atoms with E-state index in [4.69, 9.17) is 9.47 Å². The summed E-state index contributed by atoms with van der Waals surface area (Å²) in [5.74, 6) is 0. The number of ether oxygens (including phenoxy) is 2. The molecule has 2 fully saturated rings. The van der Waals surface area contributed by atoms with Crippen molar-refractivity contribution in [3.8, 4) is 0 Å². The predicted molar refractivity (Wildman–Crippen MR) is 51.5 cm³/mol. The molecule has 0 unspecified atom stereocenters. The zero-order chi connectivity index (χ0) is 9.36. The van der Waals surface area contributed by atoms with Gasteiger partial charge in [0.1, 0.15) is 6.79 Å². The Bertz CT molecular complexity index is 161. The fourth-order valence-corrected chi connectivity index (χ4v) is 1.95. The van der Waals surface area contributed by atoms with Gasteiger partial charge in [-0.3, -0.25) is 0 Å². The molecule has 2 aliphatic carbocycles. The topological polar surface area (TPSA) is 18.5 Å². The highest BCUT2D eigenvalue weighted by Crippen LogP contribution is 2.37. The highest BCUT2D eigenvalue weighted by atomic mass is 16.7. The van der Waals surface area contributed by atoms with Crippen molar-refractivity contribution in [3.63, 3.8) is 0 Å². The van der Waals surface area contributed by atoms with Crippen LogP contribution in [0.5, 0.6) is 0 Å². The van der Waals surface area contributed by atoms with Gasteiger partial charge in [-0.1, -0.05) is 0 Å². The second kappa shape index (κ2) is 3.25. The molecule has 2 nitrogen and oxygen atoms in total. The van der Waals surface area contributed by atoms with Gasteiger partial charge >= 0.3 is 0 Å². The smallest absolute Gasteiger partial charge is 0.148 e. The van der Waals surface area contributed by atoms with Crippen molar-refractivity contribution in [1.29, 1.82) is 0 Å². The molecule has 0 atom stereocenters. The molecule has 0 radical (unpaired) electrons. The third kappa shape index (κ3) is 2.05. The van der Waals surface area contributed by atoms with Gasteiger partial charge in [0.25, 0.3) is 0 Å². The fourth-order valence-electron chi connectivity index (χ4n) is 1.95. The van der Waals surface area contributed by atoms with E-state index >= 15 is 0 Å². The summed E-state index contributed by atoms with van der Waals surface area (Å²) in [7, 11) is 0. The van der Waals surface area contributed by atoms with Crippen LogP contribution in [0.3, 0.4) is 0 Å². The molecule has 2 aliphatic rings. The van der Waals surface area contributed by atoms with Crippen molar-refractivity contribution in [3.05, 3.63) is 0 Å². The molecule has 0 aliphatic heterocycles. The quantitative estimate of drug-likeness (QED) is 0.625. The zero-order valence-corrected chi connectivity index (χ0v) is 8.77. The minimum absolute atomic E-state index is 0.139. The lowest BCUT2D eigenvalue weighted by Crippen LogP contribution is -2.41. The van der Waals surface area contributed by atoms with Crippen LogP contribution in [0.15, 0.2) is 0 Å². The van der Waals surface area contributed by atoms with Crippen LogP contribution in [-0.4, -0.2) is 18.0 Å². The summed E-state index contributed by atoms with van der Waals surface area (Å²) in [6, 6.07) is 0. The first-order chi connectivity index (χ1) is 6.12. The molecule has 0 aromatic heterocycles. The van der Waals surface area contributed by atoms with Gasteiger partial charge in [-0.25, -0.2) is 0 Å². The van der Waals surface area contributed by atoms with Crippen LogP contribution in [0.1, 0.15) is 52.4 Å². The number of hydrogen-bond acceptors (Lipinski definition) is 2. The van der Waals surface area contributed by atoms with Gasteiger partial charge < -0.3 is 9.47 Å². The van der Waals surface area contributed by atoms with Crippen LogP contribution in [0, 0.1) is 0 Å². The summed E-state index contributed by atoms with van der Waals surface area (Å²) in [6.45, 7) is 4.86. The lowest BCUT2D eigenvalue weighted by molar-refractivity contribution is -0.219. The molecule has 0 heterocycles. The molecule has 0 spiro atoms. The summed E-state index contributed by atoms with van der Waals surface area (Å²) >= 11 is 0. The SMILES string of the molecule is CC1(OCOC2(C)CCC2)CCC1. The predicted octanol–water partition coefficient (Wildman–Crippen LogP) is 2.86. The first-order valence-corrected chi connectivity index (χ1v) is 5.40. The Hall–Kier alpha value is -0.0800. The van der Waals surface area contributed by atoms with E-state index in [2.05, 4.69) is 13.8 Å². The molecular formula is C11H20O2. The first kappa shape index (κ1) is 9.47. The monoisotopic (exact) mass is 184 g/mol. The Kier molecular flexibility index (Phi) is 2.37. The van der Waals surface area contributed by atoms with Gasteiger partial charge in [0.2, 0.25) is 0 Å². The van der Waals surface area contributed by atoms with E-state index in [1.807, 2.05) is 0 Å². The van der Waals surface area contributed by atoms with Crippen LogP contribution < -0.4 is 0 Å². The second-order valence-corrected chi connectivity index (χ2v) is 5.01. The minimum Gasteiger partial charge on any atom is -0.349 e. The molecule has 76 valence electrons. The van der Waals surface area contributed by atoms with E-state index in [1.54, 1.807) is 0 Å². The summed E-state index contributed by atoms with van der Waals surface area (Å²) < 4.78 is 11.4. The van der Waals surface area contributed by atoms with E-state index < -0.39 is 0 Å². The first-order valence-electron chi connectivity index (χ1n) is 5.40. The van der Waals surface area contributed by atoms with Crippen LogP contribution in [-0.2, 0) is 9.47 Å². The van der Waals surface area contributed by atoms with Crippen molar-refractivity contribution < 1.29 is 9.47 Å². The maximum absolute atomic E-state index is 5.71. The molecular weight excluding hydrogens is 164 g/mol. The molecule has 0 amide bonds. The Balaban J connectivity index is 1.63. The number of rotatable bonds is 4. The molecule has 2 rings (SSSR count). The standard InChI is InChI=1S/C11H20O2/c1-10(5-3-6-10)12-9-13-11(2)7-4-8-11/h3-9H2,1-2H3. The number of hydrogen-bond donors (Lipinski definition) is 0. The summed E-state index contributed by atoms with van der Waals surface area (Å²) in [4.78, 5) is 0. The molecule has 0 bridgehead atoms. The van der Waals surface area contributed by atoms with Crippen LogP contribution in [0.4, 0.5) is 0 Å². The Morgan fingerprint density at radius 3 is 1.46 bits per heavy atom. The highest BCUT2D eigenvalue weighted by Gasteiger charge is 2.36. The average molecular weight is 184 g/mol. The van der Waals surface area contributed by atoms with E-state index in [9.17, 15) is 0 Å². The van der Waals surface area contributed by atoms with Crippen LogP contribution >= 0.6 is 0 Å². The van der Waals surface area contributed by atoms with Crippen molar-refractivity contribution in [2.24, 2.45) is 0 Å². The van der Waals surface area contributed by atoms with Gasteiger partial charge in [-0.2, -0.15) is 0 Å². The molecule has 2 saturated carbocycles. The summed E-state index contributed by atoms with van der Waals surface area (Å²) in [6.07, 6.45) is 7.43. The normalized spacial score (nSPS) is 29.1. The third-order valence-electron chi connectivity index (χ3n) is 3.64. The maximum atomic E-state index is 5.71. The molecule has 0 N–H and O–H groups in total.